The fraction of sp³-hybridized carbons (Fsp3) is 0.160. The summed E-state index contributed by atoms with van der Waals surface area (Å²) in [6.45, 7) is 1.60. The highest BCUT2D eigenvalue weighted by atomic mass is 32.1. The van der Waals surface area contributed by atoms with Crippen LogP contribution < -0.4 is 14.9 Å². The third kappa shape index (κ3) is 4.01. The quantitative estimate of drug-likeness (QED) is 0.585. The number of carboxylic acid groups (broad SMARTS) is 1. The van der Waals surface area contributed by atoms with Crippen molar-refractivity contribution in [2.45, 2.75) is 25.7 Å². The number of aromatic nitrogens is 1. The number of fused-ring (bicyclic) bond motifs is 1. The third-order valence-corrected chi connectivity index (χ3v) is 6.54. The van der Waals surface area contributed by atoms with Gasteiger partial charge in [0.05, 0.1) is 15.8 Å². The number of aromatic hydroxyl groups is 1. The van der Waals surface area contributed by atoms with Crippen molar-refractivity contribution in [2.24, 2.45) is 4.99 Å². The molecule has 5 rings (SSSR count). The number of aliphatic carboxylic acids is 1. The molecule has 1 aromatic heterocycles. The first-order valence-corrected chi connectivity index (χ1v) is 11.3. The Morgan fingerprint density at radius 1 is 1.18 bits per heavy atom. The molecule has 0 spiro atoms. The van der Waals surface area contributed by atoms with E-state index in [1.165, 1.54) is 23.0 Å². The summed E-state index contributed by atoms with van der Waals surface area (Å²) in [6, 6.07) is 15.1. The normalized spacial score (nSPS) is 19.7. The molecule has 0 fully saturated rings. The van der Waals surface area contributed by atoms with Gasteiger partial charge in [-0.2, -0.15) is 0 Å². The first kappa shape index (κ1) is 21.7. The Morgan fingerprint density at radius 2 is 1.91 bits per heavy atom. The van der Waals surface area contributed by atoms with Crippen molar-refractivity contribution in [1.29, 1.82) is 0 Å². The summed E-state index contributed by atoms with van der Waals surface area (Å²) >= 11 is 1.16. The molecular weight excluding hydrogens is 456 g/mol. The standard InChI is InChI=1S/C25H20N2O6S/c1-14-21(24(30)31)22(18-13-32-20(33-18)12-15-5-3-2-4-6-15)27-23(29)19(34-25(27)26-14)11-16-7-9-17(28)10-8-16/h2-11,13,20,22,28H,12H2,1H3,(H,30,31). The van der Waals surface area contributed by atoms with Gasteiger partial charge >= 0.3 is 5.97 Å². The van der Waals surface area contributed by atoms with Crippen LogP contribution in [0.4, 0.5) is 0 Å². The summed E-state index contributed by atoms with van der Waals surface area (Å²) in [6.07, 6.45) is 2.90. The number of carbonyl (C=O) groups is 1. The SMILES string of the molecule is CC1=C(C(=O)O)C(C2=COC(Cc3ccccc3)O2)n2c(sc(=Cc3ccc(O)cc3)c2=O)=N1. The Morgan fingerprint density at radius 3 is 2.62 bits per heavy atom. The second kappa shape index (κ2) is 8.68. The number of hydrogen-bond acceptors (Lipinski definition) is 7. The van der Waals surface area contributed by atoms with Gasteiger partial charge < -0.3 is 19.7 Å². The van der Waals surface area contributed by atoms with Gasteiger partial charge in [0.15, 0.2) is 10.6 Å². The molecule has 2 unspecified atom stereocenters. The van der Waals surface area contributed by atoms with Gasteiger partial charge in [0.2, 0.25) is 6.29 Å². The number of phenols is 1. The molecule has 2 N–H and O–H groups in total. The summed E-state index contributed by atoms with van der Waals surface area (Å²) in [5, 5.41) is 19.4. The number of rotatable bonds is 5. The molecule has 2 aromatic carbocycles. The Hall–Kier alpha value is -4.11. The van der Waals surface area contributed by atoms with E-state index < -0.39 is 18.3 Å². The van der Waals surface area contributed by atoms with E-state index in [4.69, 9.17) is 9.47 Å². The van der Waals surface area contributed by atoms with E-state index in [-0.39, 0.29) is 22.6 Å². The number of hydrogen-bond donors (Lipinski definition) is 2. The molecule has 0 bridgehead atoms. The Bertz CT molecular complexity index is 1500. The summed E-state index contributed by atoms with van der Waals surface area (Å²) in [5.41, 5.74) is 1.59. The fourth-order valence-electron chi connectivity index (χ4n) is 3.96. The molecule has 8 nitrogen and oxygen atoms in total. The van der Waals surface area contributed by atoms with Crippen LogP contribution in [0, 0.1) is 0 Å². The number of nitrogens with zero attached hydrogens (tertiary/aromatic N) is 2. The van der Waals surface area contributed by atoms with Gasteiger partial charge in [0.25, 0.3) is 5.56 Å². The molecule has 9 heteroatoms. The summed E-state index contributed by atoms with van der Waals surface area (Å²) in [7, 11) is 0. The lowest BCUT2D eigenvalue weighted by atomic mass is 10.0. The lowest BCUT2D eigenvalue weighted by Gasteiger charge is -2.23. The number of ether oxygens (including phenoxy) is 2. The van der Waals surface area contributed by atoms with Crippen LogP contribution in [0.15, 0.2) is 87.7 Å². The van der Waals surface area contributed by atoms with Crippen molar-refractivity contribution in [3.63, 3.8) is 0 Å². The van der Waals surface area contributed by atoms with Crippen LogP contribution in [0.1, 0.15) is 24.1 Å². The minimum atomic E-state index is -1.19. The van der Waals surface area contributed by atoms with E-state index in [0.29, 0.717) is 21.5 Å². The van der Waals surface area contributed by atoms with E-state index in [1.54, 1.807) is 25.1 Å². The topological polar surface area (TPSA) is 110 Å². The molecule has 2 aliphatic heterocycles. The molecule has 0 radical (unpaired) electrons. The number of phenolic OH excluding ortho intramolecular Hbond substituents is 1. The van der Waals surface area contributed by atoms with Crippen LogP contribution in [0.2, 0.25) is 0 Å². The van der Waals surface area contributed by atoms with Crippen molar-refractivity contribution in [1.82, 2.24) is 4.57 Å². The fourth-order valence-corrected chi connectivity index (χ4v) is 5.01. The van der Waals surface area contributed by atoms with Crippen LogP contribution >= 0.6 is 11.3 Å². The monoisotopic (exact) mass is 476 g/mol. The molecular formula is C25H20N2O6S. The average Bonchev–Trinajstić information content (AvgIpc) is 3.39. The number of carboxylic acids is 1. The molecule has 2 aliphatic rings. The molecule has 3 aromatic rings. The molecule has 3 heterocycles. The van der Waals surface area contributed by atoms with Crippen molar-refractivity contribution >= 4 is 23.4 Å². The highest BCUT2D eigenvalue weighted by Crippen LogP contribution is 2.34. The minimum Gasteiger partial charge on any atom is -0.508 e. The van der Waals surface area contributed by atoms with Crippen molar-refractivity contribution in [2.75, 3.05) is 0 Å². The van der Waals surface area contributed by atoms with Crippen LogP contribution in [0.25, 0.3) is 6.08 Å². The maximum absolute atomic E-state index is 13.4. The second-order valence-electron chi connectivity index (χ2n) is 7.87. The highest BCUT2D eigenvalue weighted by molar-refractivity contribution is 7.07. The van der Waals surface area contributed by atoms with Gasteiger partial charge in [-0.3, -0.25) is 9.36 Å². The van der Waals surface area contributed by atoms with Crippen molar-refractivity contribution in [3.05, 3.63) is 109 Å². The van der Waals surface area contributed by atoms with Crippen molar-refractivity contribution < 1.29 is 24.5 Å². The van der Waals surface area contributed by atoms with E-state index in [2.05, 4.69) is 4.99 Å². The molecule has 0 saturated heterocycles. The molecule has 2 atom stereocenters. The molecule has 34 heavy (non-hydrogen) atoms. The van der Waals surface area contributed by atoms with Crippen LogP contribution in [0.5, 0.6) is 5.75 Å². The summed E-state index contributed by atoms with van der Waals surface area (Å²) in [5.74, 6) is -0.823. The zero-order valence-corrected chi connectivity index (χ0v) is 18.9. The lowest BCUT2D eigenvalue weighted by molar-refractivity contribution is -0.133. The Labute approximate surface area is 197 Å². The van der Waals surface area contributed by atoms with Crippen molar-refractivity contribution in [3.8, 4) is 5.75 Å². The van der Waals surface area contributed by atoms with E-state index in [0.717, 1.165) is 22.5 Å². The van der Waals surface area contributed by atoms with Gasteiger partial charge in [0, 0.05) is 6.42 Å². The second-order valence-corrected chi connectivity index (χ2v) is 8.88. The summed E-state index contributed by atoms with van der Waals surface area (Å²) in [4.78, 5) is 30.3. The van der Waals surface area contributed by atoms with Gasteiger partial charge in [-0.25, -0.2) is 9.79 Å². The highest BCUT2D eigenvalue weighted by Gasteiger charge is 2.38. The molecule has 0 aliphatic carbocycles. The van der Waals surface area contributed by atoms with Crippen LogP contribution in [-0.4, -0.2) is 27.0 Å². The zero-order chi connectivity index (χ0) is 23.8. The van der Waals surface area contributed by atoms with Gasteiger partial charge in [-0.15, -0.1) is 0 Å². The molecule has 0 saturated carbocycles. The number of allylic oxidation sites excluding steroid dienone is 2. The van der Waals surface area contributed by atoms with E-state index in [9.17, 15) is 19.8 Å². The van der Waals surface area contributed by atoms with Gasteiger partial charge in [0.1, 0.15) is 18.1 Å². The number of thiazole rings is 1. The van der Waals surface area contributed by atoms with Crippen LogP contribution in [0.3, 0.4) is 0 Å². The van der Waals surface area contributed by atoms with E-state index >= 15 is 0 Å². The maximum atomic E-state index is 13.4. The predicted octanol–water partition coefficient (Wildman–Crippen LogP) is 2.43. The smallest absolute Gasteiger partial charge is 0.336 e. The first-order valence-electron chi connectivity index (χ1n) is 10.5. The third-order valence-electron chi connectivity index (χ3n) is 5.56. The average molecular weight is 477 g/mol. The predicted molar refractivity (Wildman–Crippen MR) is 125 cm³/mol. The molecule has 172 valence electrons. The first-order chi connectivity index (χ1) is 16.4. The summed E-state index contributed by atoms with van der Waals surface area (Å²) < 4.78 is 13.4. The number of benzene rings is 2. The largest absolute Gasteiger partial charge is 0.508 e. The van der Waals surface area contributed by atoms with E-state index in [1.807, 2.05) is 30.3 Å². The Balaban J connectivity index is 1.55. The Kier molecular flexibility index (Phi) is 5.54. The zero-order valence-electron chi connectivity index (χ0n) is 18.0. The lowest BCUT2D eigenvalue weighted by Crippen LogP contribution is -2.40. The maximum Gasteiger partial charge on any atom is 0.336 e. The molecule has 0 amide bonds. The minimum absolute atomic E-state index is 0.0428. The van der Waals surface area contributed by atoms with Crippen LogP contribution in [-0.2, 0) is 20.7 Å². The van der Waals surface area contributed by atoms with Gasteiger partial charge in [-0.05, 0) is 36.3 Å². The van der Waals surface area contributed by atoms with Gasteiger partial charge in [-0.1, -0.05) is 53.8 Å².